The second kappa shape index (κ2) is 5.57. The lowest BCUT2D eigenvalue weighted by molar-refractivity contribution is -0.126. The molecule has 0 aromatic heterocycles. The molecular formula is C14H26N2O2. The molecule has 0 aromatic carbocycles. The highest BCUT2D eigenvalue weighted by Crippen LogP contribution is 2.31. The monoisotopic (exact) mass is 254 g/mol. The Morgan fingerprint density at radius 3 is 2.56 bits per heavy atom. The summed E-state index contributed by atoms with van der Waals surface area (Å²) in [5.41, 5.74) is 5.23. The first-order valence-corrected chi connectivity index (χ1v) is 7.26. The van der Waals surface area contributed by atoms with Gasteiger partial charge in [0.05, 0.1) is 11.5 Å². The van der Waals surface area contributed by atoms with E-state index in [0.717, 1.165) is 44.9 Å². The molecule has 18 heavy (non-hydrogen) atoms. The van der Waals surface area contributed by atoms with Crippen molar-refractivity contribution in [3.63, 3.8) is 0 Å². The highest BCUT2D eigenvalue weighted by molar-refractivity contribution is 5.79. The molecule has 2 rings (SSSR count). The second-order valence-electron chi connectivity index (χ2n) is 6.33. The van der Waals surface area contributed by atoms with E-state index in [2.05, 4.69) is 12.2 Å². The maximum Gasteiger partial charge on any atom is 0.224 e. The molecular weight excluding hydrogens is 228 g/mol. The third kappa shape index (κ3) is 3.23. The van der Waals surface area contributed by atoms with Crippen LogP contribution in [0.1, 0.15) is 51.9 Å². The zero-order valence-electron chi connectivity index (χ0n) is 11.3. The number of hydrogen-bond acceptors (Lipinski definition) is 3. The van der Waals surface area contributed by atoms with Crippen LogP contribution in [0.5, 0.6) is 0 Å². The Bertz CT molecular complexity index is 298. The summed E-state index contributed by atoms with van der Waals surface area (Å²) in [6.07, 6.45) is 6.57. The molecule has 4 heteroatoms. The molecule has 0 bridgehead atoms. The van der Waals surface area contributed by atoms with Gasteiger partial charge in [-0.1, -0.05) is 13.3 Å². The van der Waals surface area contributed by atoms with Gasteiger partial charge < -0.3 is 16.2 Å². The summed E-state index contributed by atoms with van der Waals surface area (Å²) in [4.78, 5) is 12.0. The zero-order valence-corrected chi connectivity index (χ0v) is 11.3. The summed E-state index contributed by atoms with van der Waals surface area (Å²) in [6.45, 7) is 2.61. The summed E-state index contributed by atoms with van der Waals surface area (Å²) >= 11 is 0. The second-order valence-corrected chi connectivity index (χ2v) is 6.33. The Morgan fingerprint density at radius 1 is 1.33 bits per heavy atom. The van der Waals surface area contributed by atoms with Crippen LogP contribution in [0, 0.1) is 11.8 Å². The molecule has 4 nitrogen and oxygen atoms in total. The standard InChI is InChI=1S/C14H26N2O2/c1-10-5-7-14(18,8-6-10)9-16-13(17)11-3-2-4-12(11)15/h10-12,18H,2-9,15H2,1H3,(H,16,17). The van der Waals surface area contributed by atoms with Gasteiger partial charge in [0, 0.05) is 12.6 Å². The average molecular weight is 254 g/mol. The van der Waals surface area contributed by atoms with Crippen LogP contribution in [0.25, 0.3) is 0 Å². The summed E-state index contributed by atoms with van der Waals surface area (Å²) in [6, 6.07) is 0.00557. The molecule has 0 aliphatic heterocycles. The molecule has 2 aliphatic carbocycles. The predicted octanol–water partition coefficient (Wildman–Crippen LogP) is 1.17. The normalized spacial score (nSPS) is 40.7. The number of amides is 1. The fourth-order valence-electron chi connectivity index (χ4n) is 3.17. The van der Waals surface area contributed by atoms with E-state index >= 15 is 0 Å². The first-order valence-electron chi connectivity index (χ1n) is 7.26. The van der Waals surface area contributed by atoms with Gasteiger partial charge in [0.1, 0.15) is 0 Å². The van der Waals surface area contributed by atoms with E-state index in [0.29, 0.717) is 12.5 Å². The highest BCUT2D eigenvalue weighted by Gasteiger charge is 2.34. The van der Waals surface area contributed by atoms with E-state index in [1.165, 1.54) is 0 Å². The number of aliphatic hydroxyl groups is 1. The van der Waals surface area contributed by atoms with Crippen molar-refractivity contribution >= 4 is 5.91 Å². The molecule has 2 atom stereocenters. The van der Waals surface area contributed by atoms with Gasteiger partial charge in [-0.25, -0.2) is 0 Å². The third-order valence-electron chi connectivity index (χ3n) is 4.70. The van der Waals surface area contributed by atoms with E-state index < -0.39 is 5.60 Å². The van der Waals surface area contributed by atoms with Gasteiger partial charge in [-0.3, -0.25) is 4.79 Å². The van der Waals surface area contributed by atoms with Crippen molar-refractivity contribution in [2.45, 2.75) is 63.5 Å². The van der Waals surface area contributed by atoms with Crippen molar-refractivity contribution in [1.82, 2.24) is 5.32 Å². The quantitative estimate of drug-likeness (QED) is 0.707. The number of rotatable bonds is 3. The fraction of sp³-hybridized carbons (Fsp3) is 0.929. The largest absolute Gasteiger partial charge is 0.388 e. The van der Waals surface area contributed by atoms with Crippen molar-refractivity contribution in [2.75, 3.05) is 6.54 Å². The molecule has 2 fully saturated rings. The average Bonchev–Trinajstić information content (AvgIpc) is 2.77. The van der Waals surface area contributed by atoms with Crippen LogP contribution < -0.4 is 11.1 Å². The van der Waals surface area contributed by atoms with Crippen molar-refractivity contribution < 1.29 is 9.90 Å². The van der Waals surface area contributed by atoms with Crippen LogP contribution in [-0.2, 0) is 4.79 Å². The molecule has 4 N–H and O–H groups in total. The van der Waals surface area contributed by atoms with E-state index in [4.69, 9.17) is 5.73 Å². The molecule has 0 saturated heterocycles. The van der Waals surface area contributed by atoms with Gasteiger partial charge in [-0.05, 0) is 44.4 Å². The molecule has 0 aromatic rings. The Balaban J connectivity index is 1.78. The maximum absolute atomic E-state index is 12.0. The van der Waals surface area contributed by atoms with Gasteiger partial charge in [0.15, 0.2) is 0 Å². The number of carbonyl (C=O) groups excluding carboxylic acids is 1. The van der Waals surface area contributed by atoms with Crippen LogP contribution in [-0.4, -0.2) is 29.2 Å². The van der Waals surface area contributed by atoms with E-state index in [-0.39, 0.29) is 17.9 Å². The van der Waals surface area contributed by atoms with Gasteiger partial charge >= 0.3 is 0 Å². The van der Waals surface area contributed by atoms with Crippen LogP contribution in [0.3, 0.4) is 0 Å². The third-order valence-corrected chi connectivity index (χ3v) is 4.70. The summed E-state index contributed by atoms with van der Waals surface area (Å²) in [5.74, 6) is 0.687. The van der Waals surface area contributed by atoms with Crippen LogP contribution in [0.4, 0.5) is 0 Å². The Morgan fingerprint density at radius 2 is 2.00 bits per heavy atom. The minimum Gasteiger partial charge on any atom is -0.388 e. The van der Waals surface area contributed by atoms with E-state index in [9.17, 15) is 9.90 Å². The van der Waals surface area contributed by atoms with Crippen molar-refractivity contribution in [1.29, 1.82) is 0 Å². The molecule has 0 heterocycles. The van der Waals surface area contributed by atoms with E-state index in [1.807, 2.05) is 0 Å². The molecule has 0 radical (unpaired) electrons. The minimum absolute atomic E-state index is 0.00557. The van der Waals surface area contributed by atoms with Crippen molar-refractivity contribution in [3.8, 4) is 0 Å². The molecule has 2 saturated carbocycles. The molecule has 1 amide bonds. The summed E-state index contributed by atoms with van der Waals surface area (Å²) in [7, 11) is 0. The Kier molecular flexibility index (Phi) is 4.28. The Hall–Kier alpha value is -0.610. The van der Waals surface area contributed by atoms with Crippen LogP contribution >= 0.6 is 0 Å². The smallest absolute Gasteiger partial charge is 0.224 e. The molecule has 2 aliphatic rings. The minimum atomic E-state index is -0.690. The predicted molar refractivity (Wildman–Crippen MR) is 70.9 cm³/mol. The number of nitrogens with two attached hydrogens (primary N) is 1. The lowest BCUT2D eigenvalue weighted by Crippen LogP contribution is -2.48. The molecule has 0 spiro atoms. The SMILES string of the molecule is CC1CCC(O)(CNC(=O)C2CCCC2N)CC1. The first-order chi connectivity index (χ1) is 8.50. The van der Waals surface area contributed by atoms with Gasteiger partial charge in [0.2, 0.25) is 5.91 Å². The van der Waals surface area contributed by atoms with E-state index in [1.54, 1.807) is 0 Å². The number of carbonyl (C=O) groups is 1. The van der Waals surface area contributed by atoms with Crippen molar-refractivity contribution in [3.05, 3.63) is 0 Å². The lowest BCUT2D eigenvalue weighted by Gasteiger charge is -2.35. The highest BCUT2D eigenvalue weighted by atomic mass is 16.3. The Labute approximate surface area is 109 Å². The zero-order chi connectivity index (χ0) is 13.2. The summed E-state index contributed by atoms with van der Waals surface area (Å²) < 4.78 is 0. The maximum atomic E-state index is 12.0. The number of nitrogens with one attached hydrogen (secondary N) is 1. The van der Waals surface area contributed by atoms with Crippen molar-refractivity contribution in [2.24, 2.45) is 17.6 Å². The van der Waals surface area contributed by atoms with Gasteiger partial charge in [-0.15, -0.1) is 0 Å². The van der Waals surface area contributed by atoms with Gasteiger partial charge in [0.25, 0.3) is 0 Å². The summed E-state index contributed by atoms with van der Waals surface area (Å²) in [5, 5.41) is 13.3. The molecule has 2 unspecified atom stereocenters. The number of hydrogen-bond donors (Lipinski definition) is 3. The lowest BCUT2D eigenvalue weighted by atomic mass is 9.79. The first kappa shape index (κ1) is 13.8. The topological polar surface area (TPSA) is 75.3 Å². The molecule has 104 valence electrons. The fourth-order valence-corrected chi connectivity index (χ4v) is 3.17. The van der Waals surface area contributed by atoms with Crippen LogP contribution in [0.15, 0.2) is 0 Å². The van der Waals surface area contributed by atoms with Crippen LogP contribution in [0.2, 0.25) is 0 Å². The van der Waals surface area contributed by atoms with Gasteiger partial charge in [-0.2, -0.15) is 0 Å².